The molecule has 0 aliphatic rings. The first-order chi connectivity index (χ1) is 7.03. The van der Waals surface area contributed by atoms with Crippen molar-refractivity contribution in [1.82, 2.24) is 15.0 Å². The van der Waals surface area contributed by atoms with Crippen LogP contribution < -0.4 is 5.73 Å². The molecule has 0 spiro atoms. The number of fused-ring (bicyclic) bond motifs is 1. The molecular formula is C11H16N4. The zero-order chi connectivity index (χ0) is 11.1. The van der Waals surface area contributed by atoms with Crippen molar-refractivity contribution in [1.29, 1.82) is 0 Å². The van der Waals surface area contributed by atoms with Crippen molar-refractivity contribution < 1.29 is 0 Å². The maximum Gasteiger partial charge on any atom is 0.177 e. The summed E-state index contributed by atoms with van der Waals surface area (Å²) in [6.07, 6.45) is 0. The van der Waals surface area contributed by atoms with Gasteiger partial charge in [-0.25, -0.2) is 9.97 Å². The summed E-state index contributed by atoms with van der Waals surface area (Å²) in [6.45, 7) is 6.66. The highest BCUT2D eigenvalue weighted by Crippen LogP contribution is 2.21. The third-order valence-electron chi connectivity index (χ3n) is 2.64. The lowest BCUT2D eigenvalue weighted by atomic mass is 9.93. The van der Waals surface area contributed by atoms with E-state index in [-0.39, 0.29) is 5.41 Å². The van der Waals surface area contributed by atoms with E-state index >= 15 is 0 Å². The Bertz CT molecular complexity index is 484. The van der Waals surface area contributed by atoms with Crippen LogP contribution in [0.2, 0.25) is 0 Å². The molecule has 0 saturated heterocycles. The quantitative estimate of drug-likeness (QED) is 0.779. The van der Waals surface area contributed by atoms with E-state index in [1.807, 2.05) is 19.1 Å². The molecule has 2 aromatic heterocycles. The molecule has 3 N–H and O–H groups in total. The van der Waals surface area contributed by atoms with E-state index in [0.717, 1.165) is 22.7 Å². The van der Waals surface area contributed by atoms with E-state index in [9.17, 15) is 0 Å². The lowest BCUT2D eigenvalue weighted by Crippen LogP contribution is -2.29. The number of aromatic nitrogens is 3. The van der Waals surface area contributed by atoms with Crippen LogP contribution in [0.15, 0.2) is 12.1 Å². The monoisotopic (exact) mass is 204 g/mol. The maximum absolute atomic E-state index is 5.71. The van der Waals surface area contributed by atoms with E-state index in [2.05, 4.69) is 28.8 Å². The van der Waals surface area contributed by atoms with Crippen LogP contribution in [-0.2, 0) is 5.41 Å². The third-order valence-corrected chi connectivity index (χ3v) is 2.64. The van der Waals surface area contributed by atoms with Crippen molar-refractivity contribution in [3.63, 3.8) is 0 Å². The number of imidazole rings is 1. The van der Waals surface area contributed by atoms with E-state index in [1.54, 1.807) is 0 Å². The topological polar surface area (TPSA) is 67.6 Å². The van der Waals surface area contributed by atoms with Crippen molar-refractivity contribution in [3.8, 4) is 0 Å². The van der Waals surface area contributed by atoms with Gasteiger partial charge in [0.1, 0.15) is 5.82 Å². The van der Waals surface area contributed by atoms with Crippen LogP contribution in [0.5, 0.6) is 0 Å². The molecule has 0 bridgehead atoms. The average molecular weight is 204 g/mol. The molecular weight excluding hydrogens is 188 g/mol. The summed E-state index contributed by atoms with van der Waals surface area (Å²) >= 11 is 0. The summed E-state index contributed by atoms with van der Waals surface area (Å²) < 4.78 is 0. The van der Waals surface area contributed by atoms with E-state index < -0.39 is 0 Å². The third kappa shape index (κ3) is 1.72. The molecule has 0 radical (unpaired) electrons. The number of nitrogens with two attached hydrogens (primary N) is 1. The van der Waals surface area contributed by atoms with Gasteiger partial charge in [-0.15, -0.1) is 0 Å². The van der Waals surface area contributed by atoms with Crippen LogP contribution in [0, 0.1) is 6.92 Å². The normalized spacial score (nSPS) is 12.3. The Kier molecular flexibility index (Phi) is 2.23. The second-order valence-corrected chi connectivity index (χ2v) is 4.50. The van der Waals surface area contributed by atoms with Crippen molar-refractivity contribution in [2.45, 2.75) is 26.2 Å². The Labute approximate surface area is 88.9 Å². The average Bonchev–Trinajstić information content (AvgIpc) is 2.61. The van der Waals surface area contributed by atoms with Gasteiger partial charge in [-0.3, -0.25) is 0 Å². The Balaban J connectivity index is 2.56. The Morgan fingerprint density at radius 2 is 2.07 bits per heavy atom. The van der Waals surface area contributed by atoms with Crippen molar-refractivity contribution in [3.05, 3.63) is 23.7 Å². The number of aromatic amines is 1. The fourth-order valence-electron chi connectivity index (χ4n) is 1.40. The van der Waals surface area contributed by atoms with E-state index in [0.29, 0.717) is 6.54 Å². The van der Waals surface area contributed by atoms with E-state index in [4.69, 9.17) is 5.73 Å². The van der Waals surface area contributed by atoms with Gasteiger partial charge in [0.2, 0.25) is 0 Å². The van der Waals surface area contributed by atoms with Crippen LogP contribution >= 0.6 is 0 Å². The molecule has 0 saturated carbocycles. The minimum Gasteiger partial charge on any atom is -0.340 e. The Morgan fingerprint density at radius 1 is 1.33 bits per heavy atom. The summed E-state index contributed by atoms with van der Waals surface area (Å²) in [5, 5.41) is 0. The highest BCUT2D eigenvalue weighted by molar-refractivity contribution is 5.70. The molecule has 2 heterocycles. The predicted octanol–water partition coefficient (Wildman–Crippen LogP) is 1.50. The molecule has 0 atom stereocenters. The molecule has 0 fully saturated rings. The van der Waals surface area contributed by atoms with Crippen molar-refractivity contribution >= 4 is 11.2 Å². The van der Waals surface area contributed by atoms with Gasteiger partial charge in [0, 0.05) is 17.7 Å². The summed E-state index contributed by atoms with van der Waals surface area (Å²) in [5.41, 5.74) is 8.30. The molecule has 0 unspecified atom stereocenters. The van der Waals surface area contributed by atoms with Crippen molar-refractivity contribution in [2.24, 2.45) is 5.73 Å². The SMILES string of the molecule is Cc1ccc2[nH]c(C(C)(C)CN)nc2n1. The minimum atomic E-state index is -0.130. The number of pyridine rings is 1. The Hall–Kier alpha value is -1.42. The van der Waals surface area contributed by atoms with Crippen LogP contribution in [0.3, 0.4) is 0 Å². The second-order valence-electron chi connectivity index (χ2n) is 4.50. The van der Waals surface area contributed by atoms with Crippen LogP contribution in [0.25, 0.3) is 11.2 Å². The predicted molar refractivity (Wildman–Crippen MR) is 60.7 cm³/mol. The van der Waals surface area contributed by atoms with Gasteiger partial charge >= 0.3 is 0 Å². The number of hydrogen-bond donors (Lipinski definition) is 2. The molecule has 0 aliphatic carbocycles. The fourth-order valence-corrected chi connectivity index (χ4v) is 1.40. The summed E-state index contributed by atoms with van der Waals surface area (Å²) in [4.78, 5) is 12.1. The first kappa shape index (κ1) is 10.1. The maximum atomic E-state index is 5.71. The zero-order valence-electron chi connectivity index (χ0n) is 9.33. The number of nitrogens with zero attached hydrogens (tertiary/aromatic N) is 2. The molecule has 15 heavy (non-hydrogen) atoms. The fraction of sp³-hybridized carbons (Fsp3) is 0.455. The van der Waals surface area contributed by atoms with Gasteiger partial charge in [-0.05, 0) is 19.1 Å². The summed E-state index contributed by atoms with van der Waals surface area (Å²) in [5.74, 6) is 0.901. The molecule has 80 valence electrons. The highest BCUT2D eigenvalue weighted by Gasteiger charge is 2.22. The van der Waals surface area contributed by atoms with Gasteiger partial charge in [0.05, 0.1) is 5.52 Å². The van der Waals surface area contributed by atoms with Crippen molar-refractivity contribution in [2.75, 3.05) is 6.54 Å². The molecule has 0 aliphatic heterocycles. The highest BCUT2D eigenvalue weighted by atomic mass is 15.0. The number of nitrogens with one attached hydrogen (secondary N) is 1. The summed E-state index contributed by atoms with van der Waals surface area (Å²) in [7, 11) is 0. The van der Waals surface area contributed by atoms with E-state index in [1.165, 1.54) is 0 Å². The molecule has 4 nitrogen and oxygen atoms in total. The lowest BCUT2D eigenvalue weighted by Gasteiger charge is -2.18. The zero-order valence-corrected chi connectivity index (χ0v) is 9.33. The first-order valence-electron chi connectivity index (χ1n) is 5.07. The largest absolute Gasteiger partial charge is 0.340 e. The molecule has 2 aromatic rings. The standard InChI is InChI=1S/C11H16N4/c1-7-4-5-8-9(13-7)15-10(14-8)11(2,3)6-12/h4-5H,6,12H2,1-3H3,(H,13,14,15). The second kappa shape index (κ2) is 3.31. The Morgan fingerprint density at radius 3 is 2.73 bits per heavy atom. The van der Waals surface area contributed by atoms with Crippen LogP contribution in [-0.4, -0.2) is 21.5 Å². The van der Waals surface area contributed by atoms with Crippen LogP contribution in [0.4, 0.5) is 0 Å². The number of aryl methyl sites for hydroxylation is 1. The smallest absolute Gasteiger partial charge is 0.177 e. The van der Waals surface area contributed by atoms with Gasteiger partial charge < -0.3 is 10.7 Å². The first-order valence-corrected chi connectivity index (χ1v) is 5.07. The van der Waals surface area contributed by atoms with Gasteiger partial charge in [-0.1, -0.05) is 13.8 Å². The number of hydrogen-bond acceptors (Lipinski definition) is 3. The lowest BCUT2D eigenvalue weighted by molar-refractivity contribution is 0.509. The number of rotatable bonds is 2. The van der Waals surface area contributed by atoms with Gasteiger partial charge in [0.15, 0.2) is 5.65 Å². The van der Waals surface area contributed by atoms with Crippen LogP contribution in [0.1, 0.15) is 25.4 Å². The molecule has 2 rings (SSSR count). The molecule has 4 heteroatoms. The number of H-pyrrole nitrogens is 1. The van der Waals surface area contributed by atoms with Gasteiger partial charge in [0.25, 0.3) is 0 Å². The minimum absolute atomic E-state index is 0.130. The molecule has 0 aromatic carbocycles. The van der Waals surface area contributed by atoms with Gasteiger partial charge in [-0.2, -0.15) is 0 Å². The molecule has 0 amide bonds. The summed E-state index contributed by atoms with van der Waals surface area (Å²) in [6, 6.07) is 3.97.